The maximum absolute atomic E-state index is 13.4. The van der Waals surface area contributed by atoms with Crippen LogP contribution in [0.3, 0.4) is 0 Å². The number of rotatable bonds is 4. The van der Waals surface area contributed by atoms with Crippen molar-refractivity contribution >= 4 is 23.2 Å². The molecule has 0 aliphatic carbocycles. The highest BCUT2D eigenvalue weighted by Crippen LogP contribution is 2.34. The van der Waals surface area contributed by atoms with Gasteiger partial charge in [-0.1, -0.05) is 41.9 Å². The fraction of sp³-hybridized carbons (Fsp3) is 0.0417. The van der Waals surface area contributed by atoms with Gasteiger partial charge in [-0.25, -0.2) is 4.68 Å². The summed E-state index contributed by atoms with van der Waals surface area (Å²) in [6, 6.07) is 21.9. The second-order valence-electron chi connectivity index (χ2n) is 7.00. The number of carbonyl (C=O) groups excluding carboxylic acids is 1. The van der Waals surface area contributed by atoms with Crippen LogP contribution in [0.25, 0.3) is 16.9 Å². The Bertz CT molecular complexity index is 1370. The molecular weight excluding hydrogens is 453 g/mol. The number of para-hydroxylation sites is 1. The van der Waals surface area contributed by atoms with Gasteiger partial charge in [0.1, 0.15) is 0 Å². The summed E-state index contributed by atoms with van der Waals surface area (Å²) < 4.78 is 41.2. The Morgan fingerprint density at radius 3 is 2.39 bits per heavy atom. The fourth-order valence-corrected chi connectivity index (χ4v) is 3.41. The molecule has 9 heteroatoms. The van der Waals surface area contributed by atoms with E-state index in [1.807, 2.05) is 6.07 Å². The molecule has 1 heterocycles. The molecule has 0 saturated heterocycles. The van der Waals surface area contributed by atoms with E-state index >= 15 is 0 Å². The van der Waals surface area contributed by atoms with Crippen molar-refractivity contribution in [2.24, 2.45) is 0 Å². The van der Waals surface area contributed by atoms with Crippen molar-refractivity contribution in [3.8, 4) is 23.0 Å². The Morgan fingerprint density at radius 2 is 1.73 bits per heavy atom. The standard InChI is InChI=1S/C24H14ClF3N4O/c25-19-6-1-2-7-20(19)32-21(13-22(31-32)24(26,27)28)16-8-10-17(11-9-16)23(33)30-18-5-3-4-15(12-18)14-29/h1-13H,(H,30,33). The number of aromatic nitrogens is 2. The zero-order chi connectivity index (χ0) is 23.6. The molecule has 0 saturated carbocycles. The third kappa shape index (κ3) is 4.73. The molecule has 5 nitrogen and oxygen atoms in total. The minimum atomic E-state index is -4.64. The number of halogens is 4. The number of nitriles is 1. The second-order valence-corrected chi connectivity index (χ2v) is 7.41. The summed E-state index contributed by atoms with van der Waals surface area (Å²) in [5.41, 5.74) is 0.970. The molecule has 0 radical (unpaired) electrons. The molecule has 0 unspecified atom stereocenters. The SMILES string of the molecule is N#Cc1cccc(NC(=O)c2ccc(-c3cc(C(F)(F)F)nn3-c3ccccc3Cl)cc2)c1. The molecular formula is C24H14ClF3N4O. The summed E-state index contributed by atoms with van der Waals surface area (Å²) in [6.45, 7) is 0. The topological polar surface area (TPSA) is 70.7 Å². The first-order chi connectivity index (χ1) is 15.8. The predicted octanol–water partition coefficient (Wildman–Crippen LogP) is 6.34. The van der Waals surface area contributed by atoms with Gasteiger partial charge in [-0.05, 0) is 48.5 Å². The summed E-state index contributed by atoms with van der Waals surface area (Å²) >= 11 is 6.19. The first-order valence-corrected chi connectivity index (χ1v) is 9.98. The largest absolute Gasteiger partial charge is 0.435 e. The van der Waals surface area contributed by atoms with Crippen LogP contribution >= 0.6 is 11.6 Å². The smallest absolute Gasteiger partial charge is 0.322 e. The van der Waals surface area contributed by atoms with Crippen molar-refractivity contribution in [2.45, 2.75) is 6.18 Å². The van der Waals surface area contributed by atoms with Gasteiger partial charge in [0.2, 0.25) is 0 Å². The maximum atomic E-state index is 13.4. The molecule has 4 rings (SSSR count). The number of amides is 1. The summed E-state index contributed by atoms with van der Waals surface area (Å²) in [4.78, 5) is 12.6. The lowest BCUT2D eigenvalue weighted by Gasteiger charge is -2.10. The summed E-state index contributed by atoms with van der Waals surface area (Å²) in [5, 5.41) is 15.6. The van der Waals surface area contributed by atoms with Crippen LogP contribution in [0.1, 0.15) is 21.6 Å². The summed E-state index contributed by atoms with van der Waals surface area (Å²) in [5.74, 6) is -0.424. The third-order valence-corrected chi connectivity index (χ3v) is 5.09. The van der Waals surface area contributed by atoms with Crippen LogP contribution in [0, 0.1) is 11.3 Å². The van der Waals surface area contributed by atoms with Crippen LogP contribution in [-0.2, 0) is 6.18 Å². The number of benzene rings is 3. The van der Waals surface area contributed by atoms with Crippen LogP contribution in [-0.4, -0.2) is 15.7 Å². The molecule has 0 aliphatic heterocycles. The van der Waals surface area contributed by atoms with E-state index in [0.717, 1.165) is 10.7 Å². The van der Waals surface area contributed by atoms with Gasteiger partial charge in [0.25, 0.3) is 5.91 Å². The van der Waals surface area contributed by atoms with Gasteiger partial charge in [0.05, 0.1) is 28.0 Å². The van der Waals surface area contributed by atoms with E-state index < -0.39 is 17.8 Å². The summed E-state index contributed by atoms with van der Waals surface area (Å²) in [7, 11) is 0. The first-order valence-electron chi connectivity index (χ1n) is 9.60. The van der Waals surface area contributed by atoms with Crippen LogP contribution in [0.5, 0.6) is 0 Å². The average Bonchev–Trinajstić information content (AvgIpc) is 3.25. The Balaban J connectivity index is 1.67. The molecule has 164 valence electrons. The minimum Gasteiger partial charge on any atom is -0.322 e. The van der Waals surface area contributed by atoms with E-state index in [1.54, 1.807) is 42.5 Å². The normalized spacial score (nSPS) is 11.1. The van der Waals surface area contributed by atoms with E-state index in [4.69, 9.17) is 16.9 Å². The third-order valence-electron chi connectivity index (χ3n) is 4.77. The van der Waals surface area contributed by atoms with E-state index in [9.17, 15) is 18.0 Å². The molecule has 1 N–H and O–H groups in total. The molecule has 1 aromatic heterocycles. The monoisotopic (exact) mass is 466 g/mol. The van der Waals surface area contributed by atoms with E-state index in [1.165, 1.54) is 30.3 Å². The van der Waals surface area contributed by atoms with Gasteiger partial charge in [-0.3, -0.25) is 4.79 Å². The van der Waals surface area contributed by atoms with E-state index in [2.05, 4.69) is 10.4 Å². The number of carbonyl (C=O) groups is 1. The second kappa shape index (κ2) is 8.81. The predicted molar refractivity (Wildman–Crippen MR) is 118 cm³/mol. The lowest BCUT2D eigenvalue weighted by atomic mass is 10.1. The molecule has 0 spiro atoms. The molecule has 0 atom stereocenters. The van der Waals surface area contributed by atoms with Gasteiger partial charge in [-0.15, -0.1) is 0 Å². The summed E-state index contributed by atoms with van der Waals surface area (Å²) in [6.07, 6.45) is -4.64. The van der Waals surface area contributed by atoms with Crippen molar-refractivity contribution < 1.29 is 18.0 Å². The highest BCUT2D eigenvalue weighted by Gasteiger charge is 2.35. The minimum absolute atomic E-state index is 0.170. The maximum Gasteiger partial charge on any atom is 0.435 e. The Kier molecular flexibility index (Phi) is 5.90. The van der Waals surface area contributed by atoms with Gasteiger partial charge >= 0.3 is 6.18 Å². The first kappa shape index (κ1) is 22.1. The Morgan fingerprint density at radius 1 is 1.00 bits per heavy atom. The number of anilines is 1. The molecule has 0 aliphatic rings. The molecule has 0 bridgehead atoms. The number of hydrogen-bond acceptors (Lipinski definition) is 3. The Labute approximate surface area is 191 Å². The van der Waals surface area contributed by atoms with Crippen molar-refractivity contribution in [2.75, 3.05) is 5.32 Å². The zero-order valence-corrected chi connectivity index (χ0v) is 17.5. The van der Waals surface area contributed by atoms with Gasteiger partial charge in [0, 0.05) is 16.8 Å². The zero-order valence-electron chi connectivity index (χ0n) is 16.8. The van der Waals surface area contributed by atoms with Gasteiger partial charge in [-0.2, -0.15) is 23.5 Å². The Hall–Kier alpha value is -4.09. The van der Waals surface area contributed by atoms with Crippen molar-refractivity contribution in [3.63, 3.8) is 0 Å². The average molecular weight is 467 g/mol. The molecule has 3 aromatic carbocycles. The number of nitrogens with one attached hydrogen (secondary N) is 1. The van der Waals surface area contributed by atoms with Crippen molar-refractivity contribution in [1.29, 1.82) is 5.26 Å². The molecule has 33 heavy (non-hydrogen) atoms. The van der Waals surface area contributed by atoms with Crippen molar-refractivity contribution in [1.82, 2.24) is 9.78 Å². The van der Waals surface area contributed by atoms with E-state index in [0.29, 0.717) is 28.1 Å². The fourth-order valence-electron chi connectivity index (χ4n) is 3.19. The highest BCUT2D eigenvalue weighted by atomic mass is 35.5. The van der Waals surface area contributed by atoms with Crippen LogP contribution in [0.2, 0.25) is 5.02 Å². The van der Waals surface area contributed by atoms with Gasteiger partial charge < -0.3 is 5.32 Å². The number of nitrogens with zero attached hydrogens (tertiary/aromatic N) is 3. The number of hydrogen-bond donors (Lipinski definition) is 1. The highest BCUT2D eigenvalue weighted by molar-refractivity contribution is 6.32. The quantitative estimate of drug-likeness (QED) is 0.381. The lowest BCUT2D eigenvalue weighted by Crippen LogP contribution is -2.11. The van der Waals surface area contributed by atoms with Crippen LogP contribution in [0.15, 0.2) is 78.9 Å². The van der Waals surface area contributed by atoms with Crippen molar-refractivity contribution in [3.05, 3.63) is 101 Å². The molecule has 4 aromatic rings. The lowest BCUT2D eigenvalue weighted by molar-refractivity contribution is -0.141. The van der Waals surface area contributed by atoms with Gasteiger partial charge in [0.15, 0.2) is 5.69 Å². The van der Waals surface area contributed by atoms with Crippen LogP contribution < -0.4 is 5.32 Å². The van der Waals surface area contributed by atoms with E-state index in [-0.39, 0.29) is 10.7 Å². The molecule has 1 amide bonds. The number of alkyl halides is 3. The van der Waals surface area contributed by atoms with Crippen LogP contribution in [0.4, 0.5) is 18.9 Å². The molecule has 0 fully saturated rings.